The van der Waals surface area contributed by atoms with Gasteiger partial charge in [-0.25, -0.2) is 0 Å². The molecular weight excluding hydrogens is 162 g/mol. The quantitative estimate of drug-likeness (QED) is 0.603. The number of fused-ring (bicyclic) bond motifs is 1. The van der Waals surface area contributed by atoms with Crippen LogP contribution in [0.25, 0.3) is 0 Å². The van der Waals surface area contributed by atoms with Gasteiger partial charge in [0.05, 0.1) is 12.2 Å². The highest BCUT2D eigenvalue weighted by Crippen LogP contribution is 2.35. The van der Waals surface area contributed by atoms with Gasteiger partial charge < -0.3 is 9.64 Å². The summed E-state index contributed by atoms with van der Waals surface area (Å²) in [6, 6.07) is 8.16. The first kappa shape index (κ1) is 8.42. The molecular formula is C11H15NO. The predicted molar refractivity (Wildman–Crippen MR) is 54.4 cm³/mol. The molecule has 2 rings (SSSR count). The Morgan fingerprint density at radius 2 is 2.00 bits per heavy atom. The summed E-state index contributed by atoms with van der Waals surface area (Å²) in [6.45, 7) is 5.16. The Balaban J connectivity index is 2.43. The van der Waals surface area contributed by atoms with Gasteiger partial charge in [0.1, 0.15) is 11.4 Å². The molecule has 1 heterocycles. The number of likely N-dealkylation sites (N-methyl/N-ethyl adjacent to an activating group) is 1. The van der Waals surface area contributed by atoms with E-state index in [1.807, 2.05) is 18.2 Å². The van der Waals surface area contributed by atoms with Crippen molar-refractivity contribution in [2.45, 2.75) is 19.4 Å². The molecule has 0 fully saturated rings. The predicted octanol–water partition coefficient (Wildman–Crippen LogP) is 2.29. The molecule has 70 valence electrons. The van der Waals surface area contributed by atoms with Gasteiger partial charge in [0, 0.05) is 7.05 Å². The van der Waals surface area contributed by atoms with Crippen LogP contribution in [0, 0.1) is 0 Å². The van der Waals surface area contributed by atoms with Crippen LogP contribution in [-0.2, 0) is 0 Å². The maximum absolute atomic E-state index is 5.85. The fraction of sp³-hybridized carbons (Fsp3) is 0.455. The van der Waals surface area contributed by atoms with Crippen molar-refractivity contribution in [3.05, 3.63) is 24.3 Å². The van der Waals surface area contributed by atoms with Crippen LogP contribution in [-0.4, -0.2) is 19.2 Å². The number of hydrogen-bond donors (Lipinski definition) is 0. The Hall–Kier alpha value is -1.18. The van der Waals surface area contributed by atoms with E-state index >= 15 is 0 Å². The number of hydrogen-bond acceptors (Lipinski definition) is 2. The molecule has 2 nitrogen and oxygen atoms in total. The van der Waals surface area contributed by atoms with E-state index in [9.17, 15) is 0 Å². The van der Waals surface area contributed by atoms with E-state index in [1.54, 1.807) is 0 Å². The van der Waals surface area contributed by atoms with Crippen LogP contribution in [0.1, 0.15) is 13.8 Å². The lowest BCUT2D eigenvalue weighted by molar-refractivity contribution is 0.107. The summed E-state index contributed by atoms with van der Waals surface area (Å²) < 4.78 is 5.85. The summed E-state index contributed by atoms with van der Waals surface area (Å²) in [5.74, 6) is 0.987. The maximum atomic E-state index is 5.85. The second kappa shape index (κ2) is 2.66. The summed E-state index contributed by atoms with van der Waals surface area (Å²) in [7, 11) is 2.10. The first-order valence-electron chi connectivity index (χ1n) is 4.58. The van der Waals surface area contributed by atoms with Crippen molar-refractivity contribution in [3.63, 3.8) is 0 Å². The highest BCUT2D eigenvalue weighted by molar-refractivity contribution is 5.59. The van der Waals surface area contributed by atoms with Crippen LogP contribution < -0.4 is 9.64 Å². The second-order valence-electron chi connectivity index (χ2n) is 4.19. The minimum absolute atomic E-state index is 0.0803. The zero-order chi connectivity index (χ0) is 9.47. The fourth-order valence-electron chi connectivity index (χ4n) is 1.85. The molecule has 0 amide bonds. The van der Waals surface area contributed by atoms with Gasteiger partial charge in [-0.3, -0.25) is 0 Å². The Labute approximate surface area is 79.1 Å². The maximum Gasteiger partial charge on any atom is 0.143 e. The van der Waals surface area contributed by atoms with Crippen molar-refractivity contribution in [3.8, 4) is 5.75 Å². The minimum atomic E-state index is -0.0803. The zero-order valence-corrected chi connectivity index (χ0v) is 8.37. The van der Waals surface area contributed by atoms with Gasteiger partial charge in [-0.15, -0.1) is 0 Å². The smallest absolute Gasteiger partial charge is 0.143 e. The first-order valence-corrected chi connectivity index (χ1v) is 4.58. The van der Waals surface area contributed by atoms with E-state index in [-0.39, 0.29) is 5.60 Å². The summed E-state index contributed by atoms with van der Waals surface area (Å²) in [6.07, 6.45) is 0. The molecule has 0 N–H and O–H groups in total. The summed E-state index contributed by atoms with van der Waals surface area (Å²) in [5, 5.41) is 0. The Morgan fingerprint density at radius 1 is 1.31 bits per heavy atom. The van der Waals surface area contributed by atoms with E-state index in [2.05, 4.69) is 31.9 Å². The molecule has 0 spiro atoms. The average molecular weight is 177 g/mol. The number of nitrogens with zero attached hydrogens (tertiary/aromatic N) is 1. The van der Waals surface area contributed by atoms with Gasteiger partial charge in [-0.2, -0.15) is 0 Å². The highest BCUT2D eigenvalue weighted by atomic mass is 16.5. The normalized spacial score (nSPS) is 19.2. The molecule has 0 saturated carbocycles. The Morgan fingerprint density at radius 3 is 2.77 bits per heavy atom. The third kappa shape index (κ3) is 1.48. The number of para-hydroxylation sites is 2. The molecule has 0 saturated heterocycles. The van der Waals surface area contributed by atoms with Crippen molar-refractivity contribution in [2.75, 3.05) is 18.5 Å². The molecule has 0 unspecified atom stereocenters. The fourth-order valence-corrected chi connectivity index (χ4v) is 1.85. The lowest BCUT2D eigenvalue weighted by Crippen LogP contribution is -2.45. The number of ether oxygens (including phenoxy) is 1. The summed E-state index contributed by atoms with van der Waals surface area (Å²) in [4.78, 5) is 2.23. The molecule has 0 aromatic heterocycles. The monoisotopic (exact) mass is 177 g/mol. The van der Waals surface area contributed by atoms with Crippen molar-refractivity contribution in [1.82, 2.24) is 0 Å². The number of rotatable bonds is 0. The Kier molecular flexibility index (Phi) is 1.72. The third-order valence-electron chi connectivity index (χ3n) is 2.28. The van der Waals surface area contributed by atoms with Crippen LogP contribution >= 0.6 is 0 Å². The molecule has 0 radical (unpaired) electrons. The largest absolute Gasteiger partial charge is 0.484 e. The van der Waals surface area contributed by atoms with Gasteiger partial charge in [0.2, 0.25) is 0 Å². The second-order valence-corrected chi connectivity index (χ2v) is 4.19. The average Bonchev–Trinajstić information content (AvgIpc) is 2.02. The van der Waals surface area contributed by atoms with Crippen molar-refractivity contribution >= 4 is 5.69 Å². The van der Waals surface area contributed by atoms with Crippen molar-refractivity contribution in [2.24, 2.45) is 0 Å². The lowest BCUT2D eigenvalue weighted by Gasteiger charge is -2.38. The van der Waals surface area contributed by atoms with E-state index in [1.165, 1.54) is 5.69 Å². The molecule has 0 aliphatic carbocycles. The SMILES string of the molecule is CN1CC(C)(C)Oc2ccccc21. The van der Waals surface area contributed by atoms with E-state index < -0.39 is 0 Å². The van der Waals surface area contributed by atoms with Crippen LogP contribution in [0.15, 0.2) is 24.3 Å². The lowest BCUT2D eigenvalue weighted by atomic mass is 10.1. The molecule has 1 aromatic rings. The zero-order valence-electron chi connectivity index (χ0n) is 8.37. The van der Waals surface area contributed by atoms with Gasteiger partial charge in [-0.05, 0) is 26.0 Å². The van der Waals surface area contributed by atoms with E-state index in [4.69, 9.17) is 4.74 Å². The van der Waals surface area contributed by atoms with Gasteiger partial charge >= 0.3 is 0 Å². The Bertz CT molecular complexity index is 320. The first-order chi connectivity index (χ1) is 6.08. The van der Waals surface area contributed by atoms with E-state index in [0.29, 0.717) is 0 Å². The van der Waals surface area contributed by atoms with Crippen LogP contribution in [0.4, 0.5) is 5.69 Å². The van der Waals surface area contributed by atoms with Crippen LogP contribution in [0.2, 0.25) is 0 Å². The van der Waals surface area contributed by atoms with Gasteiger partial charge in [-0.1, -0.05) is 12.1 Å². The number of benzene rings is 1. The number of anilines is 1. The molecule has 0 bridgehead atoms. The van der Waals surface area contributed by atoms with Crippen LogP contribution in [0.3, 0.4) is 0 Å². The minimum Gasteiger partial charge on any atom is -0.484 e. The topological polar surface area (TPSA) is 12.5 Å². The molecule has 1 aliphatic heterocycles. The summed E-state index contributed by atoms with van der Waals surface area (Å²) >= 11 is 0. The van der Waals surface area contributed by atoms with Crippen molar-refractivity contribution in [1.29, 1.82) is 0 Å². The van der Waals surface area contributed by atoms with Crippen LogP contribution in [0.5, 0.6) is 5.75 Å². The standard InChI is InChI=1S/C11H15NO/c1-11(2)8-12(3)9-6-4-5-7-10(9)13-11/h4-7H,8H2,1-3H3. The molecule has 1 aliphatic rings. The highest BCUT2D eigenvalue weighted by Gasteiger charge is 2.29. The van der Waals surface area contributed by atoms with Gasteiger partial charge in [0.15, 0.2) is 0 Å². The molecule has 0 atom stereocenters. The van der Waals surface area contributed by atoms with E-state index in [0.717, 1.165) is 12.3 Å². The molecule has 1 aromatic carbocycles. The van der Waals surface area contributed by atoms with Gasteiger partial charge in [0.25, 0.3) is 0 Å². The third-order valence-corrected chi connectivity index (χ3v) is 2.28. The molecule has 2 heteroatoms. The van der Waals surface area contributed by atoms with Crippen molar-refractivity contribution < 1.29 is 4.74 Å². The molecule has 13 heavy (non-hydrogen) atoms. The summed E-state index contributed by atoms with van der Waals surface area (Å²) in [5.41, 5.74) is 1.10.